The maximum Gasteiger partial charge on any atom is 0.220 e. The van der Waals surface area contributed by atoms with Gasteiger partial charge in [-0.2, -0.15) is 0 Å². The monoisotopic (exact) mass is 350 g/mol. The lowest BCUT2D eigenvalue weighted by Crippen LogP contribution is -2.30. The Bertz CT molecular complexity index is 853. The summed E-state index contributed by atoms with van der Waals surface area (Å²) in [4.78, 5) is 17.0. The molecule has 0 saturated heterocycles. The number of thiazole rings is 1. The van der Waals surface area contributed by atoms with Crippen LogP contribution in [0.15, 0.2) is 48.5 Å². The van der Waals surface area contributed by atoms with Crippen LogP contribution in [-0.2, 0) is 17.6 Å². The van der Waals surface area contributed by atoms with E-state index in [1.165, 1.54) is 15.8 Å². The molecule has 3 nitrogen and oxygen atoms in total. The third-order valence-corrected chi connectivity index (χ3v) is 5.93. The summed E-state index contributed by atoms with van der Waals surface area (Å²) in [5, 5.41) is 4.35. The summed E-state index contributed by atoms with van der Waals surface area (Å²) >= 11 is 1.73. The zero-order chi connectivity index (χ0) is 17.1. The molecule has 4 rings (SSSR count). The van der Waals surface area contributed by atoms with Crippen LogP contribution >= 0.6 is 11.3 Å². The average molecular weight is 350 g/mol. The van der Waals surface area contributed by atoms with Gasteiger partial charge in [0.15, 0.2) is 0 Å². The standard InChI is InChI=1S/C21H22N2OS/c24-20(22-17-11-5-8-15-7-1-2-9-16(15)17)13-6-14-21-23-18-10-3-4-12-19(18)25-21/h1-4,7,9-10,12,17H,5-6,8,11,13-14H2,(H,22,24)/t17-/m0/s1. The molecule has 0 saturated carbocycles. The highest BCUT2D eigenvalue weighted by Crippen LogP contribution is 2.29. The predicted molar refractivity (Wildman–Crippen MR) is 103 cm³/mol. The number of nitrogens with zero attached hydrogens (tertiary/aromatic N) is 1. The molecule has 0 bridgehead atoms. The summed E-state index contributed by atoms with van der Waals surface area (Å²) in [6.45, 7) is 0. The molecule has 2 aromatic carbocycles. The van der Waals surface area contributed by atoms with Gasteiger partial charge in [0.05, 0.1) is 21.3 Å². The Labute approximate surface area is 152 Å². The van der Waals surface area contributed by atoms with Gasteiger partial charge in [-0.15, -0.1) is 11.3 Å². The van der Waals surface area contributed by atoms with E-state index in [-0.39, 0.29) is 11.9 Å². The van der Waals surface area contributed by atoms with Crippen LogP contribution in [0.2, 0.25) is 0 Å². The van der Waals surface area contributed by atoms with Crippen molar-refractivity contribution in [3.05, 3.63) is 64.7 Å². The third kappa shape index (κ3) is 3.74. The molecule has 1 amide bonds. The molecule has 4 heteroatoms. The van der Waals surface area contributed by atoms with Gasteiger partial charge in [0.25, 0.3) is 0 Å². The molecule has 25 heavy (non-hydrogen) atoms. The van der Waals surface area contributed by atoms with E-state index < -0.39 is 0 Å². The maximum atomic E-state index is 12.4. The first-order chi connectivity index (χ1) is 12.3. The van der Waals surface area contributed by atoms with Crippen LogP contribution in [0.5, 0.6) is 0 Å². The normalized spacial score (nSPS) is 16.6. The number of benzene rings is 2. The van der Waals surface area contributed by atoms with Crippen molar-refractivity contribution in [1.29, 1.82) is 0 Å². The number of carbonyl (C=O) groups is 1. The molecule has 1 aromatic heterocycles. The van der Waals surface area contributed by atoms with E-state index in [1.54, 1.807) is 11.3 Å². The maximum absolute atomic E-state index is 12.4. The second-order valence-corrected chi connectivity index (χ2v) is 7.76. The van der Waals surface area contributed by atoms with E-state index in [1.807, 2.05) is 18.2 Å². The van der Waals surface area contributed by atoms with E-state index in [9.17, 15) is 4.79 Å². The van der Waals surface area contributed by atoms with Gasteiger partial charge in [0.1, 0.15) is 0 Å². The fourth-order valence-corrected chi connectivity index (χ4v) is 4.61. The molecule has 1 atom stereocenters. The van der Waals surface area contributed by atoms with E-state index in [2.05, 4.69) is 40.6 Å². The Morgan fingerprint density at radius 2 is 2.00 bits per heavy atom. The number of fused-ring (bicyclic) bond motifs is 2. The Morgan fingerprint density at radius 3 is 2.92 bits per heavy atom. The Kier molecular flexibility index (Phi) is 4.79. The van der Waals surface area contributed by atoms with Gasteiger partial charge < -0.3 is 5.32 Å². The minimum absolute atomic E-state index is 0.155. The van der Waals surface area contributed by atoms with Gasteiger partial charge in [-0.1, -0.05) is 36.4 Å². The van der Waals surface area contributed by atoms with E-state index in [4.69, 9.17) is 0 Å². The SMILES string of the molecule is O=C(CCCc1nc2ccccc2s1)N[C@H]1CCCc2ccccc21. The van der Waals surface area contributed by atoms with Crippen molar-refractivity contribution in [2.24, 2.45) is 0 Å². The smallest absolute Gasteiger partial charge is 0.220 e. The van der Waals surface area contributed by atoms with E-state index in [0.29, 0.717) is 6.42 Å². The number of carbonyl (C=O) groups excluding carboxylic acids is 1. The van der Waals surface area contributed by atoms with Gasteiger partial charge in [-0.25, -0.2) is 4.98 Å². The molecule has 0 spiro atoms. The number of para-hydroxylation sites is 1. The van der Waals surface area contributed by atoms with E-state index >= 15 is 0 Å². The minimum Gasteiger partial charge on any atom is -0.349 e. The lowest BCUT2D eigenvalue weighted by molar-refractivity contribution is -0.122. The quantitative estimate of drug-likeness (QED) is 0.717. The average Bonchev–Trinajstić information content (AvgIpc) is 3.05. The minimum atomic E-state index is 0.155. The summed E-state index contributed by atoms with van der Waals surface area (Å²) in [6.07, 6.45) is 5.59. The zero-order valence-corrected chi connectivity index (χ0v) is 15.0. The molecule has 1 aliphatic rings. The van der Waals surface area contributed by atoms with Crippen LogP contribution in [0.3, 0.4) is 0 Å². The molecule has 3 aromatic rings. The number of aromatic nitrogens is 1. The topological polar surface area (TPSA) is 42.0 Å². The van der Waals surface area contributed by atoms with Crippen molar-refractivity contribution in [1.82, 2.24) is 10.3 Å². The van der Waals surface area contributed by atoms with Crippen LogP contribution in [0.1, 0.15) is 47.9 Å². The van der Waals surface area contributed by atoms with Crippen molar-refractivity contribution in [2.45, 2.75) is 44.6 Å². The molecular formula is C21H22N2OS. The predicted octanol–water partition coefficient (Wildman–Crippen LogP) is 4.81. The number of hydrogen-bond donors (Lipinski definition) is 1. The van der Waals surface area contributed by atoms with Crippen LogP contribution < -0.4 is 5.32 Å². The summed E-state index contributed by atoms with van der Waals surface area (Å²) in [5.41, 5.74) is 3.74. The molecular weight excluding hydrogens is 328 g/mol. The number of amides is 1. The van der Waals surface area contributed by atoms with Crippen molar-refractivity contribution in [3.8, 4) is 0 Å². The lowest BCUT2D eigenvalue weighted by atomic mass is 9.87. The Hall–Kier alpha value is -2.20. The first kappa shape index (κ1) is 16.3. The fourth-order valence-electron chi connectivity index (χ4n) is 3.60. The first-order valence-corrected chi connectivity index (χ1v) is 9.83. The van der Waals surface area contributed by atoms with Crippen LogP contribution in [0, 0.1) is 0 Å². The van der Waals surface area contributed by atoms with Gasteiger partial charge in [-0.3, -0.25) is 4.79 Å². The van der Waals surface area contributed by atoms with Crippen molar-refractivity contribution in [2.75, 3.05) is 0 Å². The number of aryl methyl sites for hydroxylation is 2. The lowest BCUT2D eigenvalue weighted by Gasteiger charge is -2.26. The Morgan fingerprint density at radius 1 is 1.16 bits per heavy atom. The number of nitrogens with one attached hydrogen (secondary N) is 1. The van der Waals surface area contributed by atoms with Crippen LogP contribution in [0.4, 0.5) is 0 Å². The highest BCUT2D eigenvalue weighted by Gasteiger charge is 2.21. The second kappa shape index (κ2) is 7.36. The molecule has 1 aliphatic carbocycles. The second-order valence-electron chi connectivity index (χ2n) is 6.64. The molecule has 0 radical (unpaired) electrons. The molecule has 1 N–H and O–H groups in total. The fraction of sp³-hybridized carbons (Fsp3) is 0.333. The van der Waals surface area contributed by atoms with E-state index in [0.717, 1.165) is 42.6 Å². The molecule has 0 aliphatic heterocycles. The summed E-state index contributed by atoms with van der Waals surface area (Å²) in [6, 6.07) is 16.9. The van der Waals surface area contributed by atoms with Crippen LogP contribution in [0.25, 0.3) is 10.2 Å². The molecule has 0 unspecified atom stereocenters. The van der Waals surface area contributed by atoms with Gasteiger partial charge in [-0.05, 0) is 55.4 Å². The van der Waals surface area contributed by atoms with Gasteiger partial charge in [0, 0.05) is 6.42 Å². The summed E-state index contributed by atoms with van der Waals surface area (Å²) in [7, 11) is 0. The number of rotatable bonds is 5. The number of hydrogen-bond acceptors (Lipinski definition) is 3. The molecule has 1 heterocycles. The summed E-state index contributed by atoms with van der Waals surface area (Å²) < 4.78 is 1.22. The van der Waals surface area contributed by atoms with Crippen molar-refractivity contribution < 1.29 is 4.79 Å². The Balaban J connectivity index is 1.31. The largest absolute Gasteiger partial charge is 0.349 e. The zero-order valence-electron chi connectivity index (χ0n) is 14.2. The molecule has 128 valence electrons. The summed E-state index contributed by atoms with van der Waals surface area (Å²) in [5.74, 6) is 0.155. The van der Waals surface area contributed by atoms with Crippen LogP contribution in [-0.4, -0.2) is 10.9 Å². The van der Waals surface area contributed by atoms with Crippen molar-refractivity contribution in [3.63, 3.8) is 0 Å². The first-order valence-electron chi connectivity index (χ1n) is 9.01. The van der Waals surface area contributed by atoms with Gasteiger partial charge in [0.2, 0.25) is 5.91 Å². The highest BCUT2D eigenvalue weighted by molar-refractivity contribution is 7.18. The molecule has 0 fully saturated rings. The van der Waals surface area contributed by atoms with Crippen molar-refractivity contribution >= 4 is 27.5 Å². The highest BCUT2D eigenvalue weighted by atomic mass is 32.1. The van der Waals surface area contributed by atoms with Gasteiger partial charge >= 0.3 is 0 Å². The third-order valence-electron chi connectivity index (χ3n) is 4.84.